The zero-order valence-electron chi connectivity index (χ0n) is 8.59. The van der Waals surface area contributed by atoms with Gasteiger partial charge in [0.2, 0.25) is 0 Å². The first kappa shape index (κ1) is 11.7. The van der Waals surface area contributed by atoms with Gasteiger partial charge in [-0.1, -0.05) is 22.0 Å². The van der Waals surface area contributed by atoms with Crippen LogP contribution in [0.15, 0.2) is 22.7 Å². The normalized spacial score (nSPS) is 12.9. The van der Waals surface area contributed by atoms with Crippen LogP contribution in [0.2, 0.25) is 0 Å². The van der Waals surface area contributed by atoms with Crippen LogP contribution in [0.1, 0.15) is 24.1 Å². The van der Waals surface area contributed by atoms with Crippen molar-refractivity contribution in [2.75, 3.05) is 13.2 Å². The van der Waals surface area contributed by atoms with E-state index in [4.69, 9.17) is 10.5 Å². The average Bonchev–Trinajstić information content (AvgIpc) is 2.18. The van der Waals surface area contributed by atoms with E-state index in [2.05, 4.69) is 35.0 Å². The molecule has 0 radical (unpaired) electrons. The van der Waals surface area contributed by atoms with Crippen molar-refractivity contribution in [1.82, 2.24) is 0 Å². The fourth-order valence-electron chi connectivity index (χ4n) is 1.35. The Morgan fingerprint density at radius 2 is 2.21 bits per heavy atom. The number of benzene rings is 1. The number of nitrogens with two attached hydrogens (primary N) is 1. The summed E-state index contributed by atoms with van der Waals surface area (Å²) in [7, 11) is 0. The number of halogens is 1. The zero-order chi connectivity index (χ0) is 10.6. The van der Waals surface area contributed by atoms with Gasteiger partial charge in [0.15, 0.2) is 0 Å². The van der Waals surface area contributed by atoms with Crippen LogP contribution < -0.4 is 5.73 Å². The third-order valence-electron chi connectivity index (χ3n) is 2.14. The molecule has 0 aliphatic carbocycles. The van der Waals surface area contributed by atoms with Crippen LogP contribution >= 0.6 is 15.9 Å². The lowest BCUT2D eigenvalue weighted by atomic mass is 10.0. The van der Waals surface area contributed by atoms with Gasteiger partial charge in [-0.3, -0.25) is 0 Å². The summed E-state index contributed by atoms with van der Waals surface area (Å²) < 4.78 is 6.36. The van der Waals surface area contributed by atoms with Gasteiger partial charge in [-0.05, 0) is 37.1 Å². The molecule has 1 aromatic carbocycles. The molecule has 0 saturated heterocycles. The van der Waals surface area contributed by atoms with Crippen LogP contribution in [0.4, 0.5) is 0 Å². The van der Waals surface area contributed by atoms with Gasteiger partial charge >= 0.3 is 0 Å². The lowest BCUT2D eigenvalue weighted by Gasteiger charge is -2.14. The Bertz CT molecular complexity index is 301. The maximum atomic E-state index is 6.00. The summed E-state index contributed by atoms with van der Waals surface area (Å²) in [4.78, 5) is 0. The van der Waals surface area contributed by atoms with Crippen LogP contribution in [0.5, 0.6) is 0 Å². The van der Waals surface area contributed by atoms with Crippen molar-refractivity contribution in [3.05, 3.63) is 33.8 Å². The van der Waals surface area contributed by atoms with Crippen molar-refractivity contribution in [3.63, 3.8) is 0 Å². The highest BCUT2D eigenvalue weighted by Gasteiger charge is 2.08. The van der Waals surface area contributed by atoms with Crippen LogP contribution in [0, 0.1) is 6.92 Å². The molecule has 3 heteroatoms. The van der Waals surface area contributed by atoms with E-state index in [1.165, 1.54) is 5.56 Å². The highest BCUT2D eigenvalue weighted by Crippen LogP contribution is 2.21. The van der Waals surface area contributed by atoms with Crippen molar-refractivity contribution in [2.24, 2.45) is 5.73 Å². The fourth-order valence-corrected chi connectivity index (χ4v) is 1.72. The van der Waals surface area contributed by atoms with Crippen LogP contribution in [-0.2, 0) is 4.74 Å². The molecule has 0 fully saturated rings. The Balaban J connectivity index is 2.77. The molecule has 1 aromatic rings. The molecular formula is C11H16BrNO. The summed E-state index contributed by atoms with van der Waals surface area (Å²) in [5.41, 5.74) is 8.36. The number of rotatable bonds is 4. The van der Waals surface area contributed by atoms with E-state index in [9.17, 15) is 0 Å². The van der Waals surface area contributed by atoms with E-state index in [1.807, 2.05) is 13.0 Å². The second-order valence-corrected chi connectivity index (χ2v) is 4.18. The highest BCUT2D eigenvalue weighted by atomic mass is 79.9. The lowest BCUT2D eigenvalue weighted by Crippen LogP contribution is -2.18. The SMILES string of the molecule is CCOCC(N)c1cc(Br)ccc1C. The van der Waals surface area contributed by atoms with E-state index in [0.29, 0.717) is 13.2 Å². The smallest absolute Gasteiger partial charge is 0.0659 e. The predicted molar refractivity (Wildman–Crippen MR) is 62.3 cm³/mol. The predicted octanol–water partition coefficient (Wildman–Crippen LogP) is 2.79. The molecule has 1 unspecified atom stereocenters. The first-order valence-electron chi connectivity index (χ1n) is 4.74. The molecule has 0 saturated carbocycles. The number of ether oxygens (including phenoxy) is 1. The van der Waals surface area contributed by atoms with Crippen LogP contribution in [0.3, 0.4) is 0 Å². The van der Waals surface area contributed by atoms with Crippen LogP contribution in [-0.4, -0.2) is 13.2 Å². The van der Waals surface area contributed by atoms with E-state index >= 15 is 0 Å². The lowest BCUT2D eigenvalue weighted by molar-refractivity contribution is 0.133. The number of hydrogen-bond acceptors (Lipinski definition) is 2. The molecule has 2 N–H and O–H groups in total. The van der Waals surface area contributed by atoms with Gasteiger partial charge in [0.25, 0.3) is 0 Å². The molecule has 0 bridgehead atoms. The molecule has 0 spiro atoms. The van der Waals surface area contributed by atoms with Crippen molar-refractivity contribution < 1.29 is 4.74 Å². The topological polar surface area (TPSA) is 35.2 Å². The third-order valence-corrected chi connectivity index (χ3v) is 2.64. The fraction of sp³-hybridized carbons (Fsp3) is 0.455. The Hall–Kier alpha value is -0.380. The van der Waals surface area contributed by atoms with Gasteiger partial charge in [0.1, 0.15) is 0 Å². The van der Waals surface area contributed by atoms with E-state index < -0.39 is 0 Å². The van der Waals surface area contributed by atoms with Gasteiger partial charge in [-0.25, -0.2) is 0 Å². The third kappa shape index (κ3) is 3.08. The summed E-state index contributed by atoms with van der Waals surface area (Å²) in [6.45, 7) is 5.32. The monoisotopic (exact) mass is 257 g/mol. The molecule has 14 heavy (non-hydrogen) atoms. The van der Waals surface area contributed by atoms with Gasteiger partial charge < -0.3 is 10.5 Å². The first-order valence-corrected chi connectivity index (χ1v) is 5.53. The minimum absolute atomic E-state index is 0.0348. The summed E-state index contributed by atoms with van der Waals surface area (Å²) in [6, 6.07) is 6.10. The molecule has 0 amide bonds. The Morgan fingerprint density at radius 1 is 1.50 bits per heavy atom. The average molecular weight is 258 g/mol. The molecule has 0 aliphatic heterocycles. The maximum absolute atomic E-state index is 6.00. The molecule has 1 atom stereocenters. The molecule has 2 nitrogen and oxygen atoms in total. The van der Waals surface area contributed by atoms with Gasteiger partial charge in [-0.15, -0.1) is 0 Å². The molecular weight excluding hydrogens is 242 g/mol. The first-order chi connectivity index (χ1) is 6.65. The van der Waals surface area contributed by atoms with Gasteiger partial charge in [-0.2, -0.15) is 0 Å². The van der Waals surface area contributed by atoms with Crippen LogP contribution in [0.25, 0.3) is 0 Å². The summed E-state index contributed by atoms with van der Waals surface area (Å²) >= 11 is 3.44. The Labute approximate surface area is 93.6 Å². The molecule has 1 rings (SSSR count). The summed E-state index contributed by atoms with van der Waals surface area (Å²) in [5, 5.41) is 0. The largest absolute Gasteiger partial charge is 0.380 e. The molecule has 0 heterocycles. The summed E-state index contributed by atoms with van der Waals surface area (Å²) in [5.74, 6) is 0. The van der Waals surface area contributed by atoms with E-state index in [-0.39, 0.29) is 6.04 Å². The zero-order valence-corrected chi connectivity index (χ0v) is 10.2. The maximum Gasteiger partial charge on any atom is 0.0659 e. The summed E-state index contributed by atoms with van der Waals surface area (Å²) in [6.07, 6.45) is 0. The highest BCUT2D eigenvalue weighted by molar-refractivity contribution is 9.10. The quantitative estimate of drug-likeness (QED) is 0.901. The Kier molecular flexibility index (Phi) is 4.58. The van der Waals surface area contributed by atoms with Gasteiger partial charge in [0.05, 0.1) is 12.6 Å². The second kappa shape index (κ2) is 5.49. The van der Waals surface area contributed by atoms with Crippen molar-refractivity contribution in [1.29, 1.82) is 0 Å². The molecule has 0 aliphatic rings. The molecule has 78 valence electrons. The van der Waals surface area contributed by atoms with Gasteiger partial charge in [0, 0.05) is 11.1 Å². The number of hydrogen-bond donors (Lipinski definition) is 1. The van der Waals surface area contributed by atoms with E-state index in [1.54, 1.807) is 0 Å². The number of aryl methyl sites for hydroxylation is 1. The minimum atomic E-state index is -0.0348. The van der Waals surface area contributed by atoms with Crippen molar-refractivity contribution >= 4 is 15.9 Å². The standard InChI is InChI=1S/C11H16BrNO/c1-3-14-7-11(13)10-6-9(12)5-4-8(10)2/h4-6,11H,3,7,13H2,1-2H3. The minimum Gasteiger partial charge on any atom is -0.380 e. The van der Waals surface area contributed by atoms with Crippen molar-refractivity contribution in [3.8, 4) is 0 Å². The van der Waals surface area contributed by atoms with Crippen molar-refractivity contribution in [2.45, 2.75) is 19.9 Å². The Morgan fingerprint density at radius 3 is 2.86 bits per heavy atom. The molecule has 0 aromatic heterocycles. The van der Waals surface area contributed by atoms with E-state index in [0.717, 1.165) is 10.0 Å². The second-order valence-electron chi connectivity index (χ2n) is 3.27.